The van der Waals surface area contributed by atoms with E-state index in [9.17, 15) is 14.9 Å². The Morgan fingerprint density at radius 3 is 2.28 bits per heavy atom. The first kappa shape index (κ1) is 18.9. The number of rotatable bonds is 7. The predicted octanol–water partition coefficient (Wildman–Crippen LogP) is 4.74. The van der Waals surface area contributed by atoms with Crippen LogP contribution in [0.1, 0.15) is 42.6 Å². The van der Waals surface area contributed by atoms with Crippen molar-refractivity contribution in [2.24, 2.45) is 0 Å². The van der Waals surface area contributed by atoms with Crippen molar-refractivity contribution in [1.29, 1.82) is 0 Å². The maximum Gasteiger partial charge on any atom is 0.282 e. The molecule has 0 atom stereocenters. The summed E-state index contributed by atoms with van der Waals surface area (Å²) in [5.74, 6) is -0.437. The molecule has 0 radical (unpaired) electrons. The average Bonchev–Trinajstić information content (AvgIpc) is 2.63. The van der Waals surface area contributed by atoms with Crippen molar-refractivity contribution in [1.82, 2.24) is 5.32 Å². The van der Waals surface area contributed by atoms with Gasteiger partial charge in [0, 0.05) is 23.0 Å². The maximum absolute atomic E-state index is 12.5. The number of carbonyl (C=O) groups excluding carboxylic acids is 1. The molecular weight excluding hydrogens is 340 g/mol. The molecule has 6 heteroatoms. The summed E-state index contributed by atoms with van der Waals surface area (Å²) in [5, 5.41) is 14.6. The number of nitro benzene ring substituents is 1. The predicted molar refractivity (Wildman–Crippen MR) is 99.1 cm³/mol. The number of hydrogen-bond acceptors (Lipinski definition) is 3. The summed E-state index contributed by atoms with van der Waals surface area (Å²) in [5.41, 5.74) is 0.726. The van der Waals surface area contributed by atoms with E-state index in [0.29, 0.717) is 11.6 Å². The molecule has 0 saturated heterocycles. The third-order valence-corrected chi connectivity index (χ3v) is 4.99. The molecule has 132 valence electrons. The monoisotopic (exact) mass is 360 g/mol. The van der Waals surface area contributed by atoms with Crippen molar-refractivity contribution in [3.05, 3.63) is 74.8 Å². The minimum absolute atomic E-state index is 0.0738. The summed E-state index contributed by atoms with van der Waals surface area (Å²) in [7, 11) is 0. The molecule has 0 aliphatic rings. The first-order valence-electron chi connectivity index (χ1n) is 8.21. The molecular formula is C19H21ClN2O3. The first-order chi connectivity index (χ1) is 11.9. The topological polar surface area (TPSA) is 72.2 Å². The number of hydrogen-bond donors (Lipinski definition) is 1. The van der Waals surface area contributed by atoms with Crippen molar-refractivity contribution < 1.29 is 9.72 Å². The van der Waals surface area contributed by atoms with Gasteiger partial charge in [-0.3, -0.25) is 14.9 Å². The van der Waals surface area contributed by atoms with Crippen LogP contribution in [-0.2, 0) is 5.41 Å². The Morgan fingerprint density at radius 1 is 1.12 bits per heavy atom. The molecule has 0 aliphatic heterocycles. The Bertz CT molecular complexity index is 756. The van der Waals surface area contributed by atoms with Gasteiger partial charge in [-0.25, -0.2) is 0 Å². The highest BCUT2D eigenvalue weighted by Crippen LogP contribution is 2.32. The zero-order chi connectivity index (χ0) is 18.4. The van der Waals surface area contributed by atoms with Crippen molar-refractivity contribution in [3.8, 4) is 0 Å². The Balaban J connectivity index is 2.23. The summed E-state index contributed by atoms with van der Waals surface area (Å²) in [4.78, 5) is 23.1. The van der Waals surface area contributed by atoms with Gasteiger partial charge in [-0.1, -0.05) is 49.7 Å². The lowest BCUT2D eigenvalue weighted by Crippen LogP contribution is -2.40. The van der Waals surface area contributed by atoms with Crippen molar-refractivity contribution in [2.75, 3.05) is 6.54 Å². The number of para-hydroxylation sites is 1. The molecule has 0 aromatic heterocycles. The van der Waals surface area contributed by atoms with E-state index < -0.39 is 10.8 Å². The van der Waals surface area contributed by atoms with E-state index in [0.717, 1.165) is 18.4 Å². The molecule has 2 aromatic carbocycles. The Kier molecular flexibility index (Phi) is 6.15. The highest BCUT2D eigenvalue weighted by Gasteiger charge is 2.30. The SMILES string of the molecule is CCC(CC)(CNC(=O)c1ccccc1[N+](=O)[O-])c1ccc(Cl)cc1. The number of nitrogens with one attached hydrogen (secondary N) is 1. The van der Waals surface area contributed by atoms with Crippen LogP contribution in [0.3, 0.4) is 0 Å². The van der Waals surface area contributed by atoms with E-state index >= 15 is 0 Å². The van der Waals surface area contributed by atoms with Gasteiger partial charge < -0.3 is 5.32 Å². The molecule has 0 aliphatic carbocycles. The number of nitro groups is 1. The highest BCUT2D eigenvalue weighted by molar-refractivity contribution is 6.30. The zero-order valence-corrected chi connectivity index (χ0v) is 15.0. The fourth-order valence-corrected chi connectivity index (χ4v) is 3.11. The molecule has 0 unspecified atom stereocenters. The summed E-state index contributed by atoms with van der Waals surface area (Å²) in [6.07, 6.45) is 1.64. The van der Waals surface area contributed by atoms with Crippen LogP contribution < -0.4 is 5.32 Å². The molecule has 0 heterocycles. The lowest BCUT2D eigenvalue weighted by Gasteiger charge is -2.32. The molecule has 1 amide bonds. The summed E-state index contributed by atoms with van der Waals surface area (Å²) in [6.45, 7) is 4.52. The molecule has 0 fully saturated rings. The minimum atomic E-state index is -0.541. The molecule has 5 nitrogen and oxygen atoms in total. The van der Waals surface area contributed by atoms with E-state index in [1.54, 1.807) is 12.1 Å². The Labute approximate surface area is 152 Å². The number of amides is 1. The number of halogens is 1. The van der Waals surface area contributed by atoms with Crippen molar-refractivity contribution >= 4 is 23.2 Å². The van der Waals surface area contributed by atoms with E-state index in [-0.39, 0.29) is 16.7 Å². The van der Waals surface area contributed by atoms with Crippen LogP contribution in [0.15, 0.2) is 48.5 Å². The third kappa shape index (κ3) is 4.17. The Morgan fingerprint density at radius 2 is 1.72 bits per heavy atom. The highest BCUT2D eigenvalue weighted by atomic mass is 35.5. The number of nitrogens with zero attached hydrogens (tertiary/aromatic N) is 1. The largest absolute Gasteiger partial charge is 0.351 e. The van der Waals surface area contributed by atoms with Crippen LogP contribution in [0.2, 0.25) is 5.02 Å². The van der Waals surface area contributed by atoms with Crippen LogP contribution >= 0.6 is 11.6 Å². The molecule has 0 saturated carbocycles. The Hall–Kier alpha value is -2.40. The van der Waals surface area contributed by atoms with Gasteiger partial charge in [0.25, 0.3) is 11.6 Å². The fourth-order valence-electron chi connectivity index (χ4n) is 2.98. The molecule has 2 rings (SSSR count). The normalized spacial score (nSPS) is 11.2. The molecule has 1 N–H and O–H groups in total. The van der Waals surface area contributed by atoms with Crippen LogP contribution in [-0.4, -0.2) is 17.4 Å². The van der Waals surface area contributed by atoms with E-state index in [1.807, 2.05) is 24.3 Å². The minimum Gasteiger partial charge on any atom is -0.351 e. The quantitative estimate of drug-likeness (QED) is 0.572. The van der Waals surface area contributed by atoms with Crippen molar-refractivity contribution in [3.63, 3.8) is 0 Å². The fraction of sp³-hybridized carbons (Fsp3) is 0.316. The van der Waals surface area contributed by atoms with Gasteiger partial charge in [0.15, 0.2) is 0 Å². The smallest absolute Gasteiger partial charge is 0.282 e. The van der Waals surface area contributed by atoms with Gasteiger partial charge in [-0.05, 0) is 36.6 Å². The van der Waals surface area contributed by atoms with Crippen LogP contribution in [0, 0.1) is 10.1 Å². The molecule has 25 heavy (non-hydrogen) atoms. The van der Waals surface area contributed by atoms with Gasteiger partial charge >= 0.3 is 0 Å². The van der Waals surface area contributed by atoms with Gasteiger partial charge in [0.1, 0.15) is 5.56 Å². The molecule has 0 spiro atoms. The van der Waals surface area contributed by atoms with E-state index in [2.05, 4.69) is 19.2 Å². The second-order valence-electron chi connectivity index (χ2n) is 5.95. The lowest BCUT2D eigenvalue weighted by molar-refractivity contribution is -0.385. The van der Waals surface area contributed by atoms with Crippen molar-refractivity contribution in [2.45, 2.75) is 32.1 Å². The lowest BCUT2D eigenvalue weighted by atomic mass is 9.75. The van der Waals surface area contributed by atoms with E-state index in [1.165, 1.54) is 12.1 Å². The van der Waals surface area contributed by atoms with E-state index in [4.69, 9.17) is 11.6 Å². The van der Waals surface area contributed by atoms with Crippen LogP contribution in [0.4, 0.5) is 5.69 Å². The first-order valence-corrected chi connectivity index (χ1v) is 8.59. The van der Waals surface area contributed by atoms with Crippen LogP contribution in [0.25, 0.3) is 0 Å². The van der Waals surface area contributed by atoms with Crippen LogP contribution in [0.5, 0.6) is 0 Å². The van der Waals surface area contributed by atoms with Gasteiger partial charge in [0.05, 0.1) is 4.92 Å². The second-order valence-corrected chi connectivity index (χ2v) is 6.39. The molecule has 0 bridgehead atoms. The summed E-state index contributed by atoms with van der Waals surface area (Å²) < 4.78 is 0. The number of benzene rings is 2. The summed E-state index contributed by atoms with van der Waals surface area (Å²) >= 11 is 5.97. The maximum atomic E-state index is 12.5. The third-order valence-electron chi connectivity index (χ3n) is 4.74. The second kappa shape index (κ2) is 8.12. The van der Waals surface area contributed by atoms with Gasteiger partial charge in [0.2, 0.25) is 0 Å². The van der Waals surface area contributed by atoms with Gasteiger partial charge in [-0.15, -0.1) is 0 Å². The number of carbonyl (C=O) groups is 1. The zero-order valence-electron chi connectivity index (χ0n) is 14.3. The molecule has 2 aromatic rings. The summed E-state index contributed by atoms with van der Waals surface area (Å²) in [6, 6.07) is 13.6. The average molecular weight is 361 g/mol. The standard InChI is InChI=1S/C19H21ClN2O3/c1-3-19(4-2,14-9-11-15(20)12-10-14)13-21-18(23)16-7-5-6-8-17(16)22(24)25/h5-12H,3-4,13H2,1-2H3,(H,21,23). The van der Waals surface area contributed by atoms with Gasteiger partial charge in [-0.2, -0.15) is 0 Å².